The molecular weight excluding hydrogens is 597 g/mol. The molecule has 0 N–H and O–H groups in total. The second-order valence-electron chi connectivity index (χ2n) is 12.2. The first-order valence-electron chi connectivity index (χ1n) is 13.2. The second kappa shape index (κ2) is 8.49. The van der Waals surface area contributed by atoms with E-state index in [0.717, 1.165) is 0 Å². The van der Waals surface area contributed by atoms with Gasteiger partial charge in [-0.2, -0.15) is 10.0 Å². The molecule has 0 amide bonds. The third-order valence-corrected chi connectivity index (χ3v) is 14.3. The predicted octanol–water partition coefficient (Wildman–Crippen LogP) is 9.29. The minimum absolute atomic E-state index is 0.906. The average Bonchev–Trinajstić information content (AvgIpc) is 3.68. The molecule has 0 nitrogen and oxygen atoms in total. The molecule has 4 aromatic heterocycles. The lowest BCUT2D eigenvalue weighted by molar-refractivity contribution is 1.66. The fraction of sp³-hybridized carbons (Fsp3) is 0.176. The summed E-state index contributed by atoms with van der Waals surface area (Å²) in [6.45, 7) is 6.98. The maximum absolute atomic E-state index is 3.66. The molecule has 6 aromatic rings. The minimum Gasteiger partial charge on any atom is -0.186 e. The van der Waals surface area contributed by atoms with Gasteiger partial charge in [0.2, 0.25) is 0 Å². The van der Waals surface area contributed by atoms with Crippen molar-refractivity contribution in [3.05, 3.63) is 68.7 Å². The zero-order valence-electron chi connectivity index (χ0n) is 23.2. The van der Waals surface area contributed by atoms with Crippen LogP contribution in [0.5, 0.6) is 0 Å². The normalized spacial score (nSPS) is 14.2. The van der Waals surface area contributed by atoms with E-state index in [2.05, 4.69) is 110 Å². The summed E-state index contributed by atoms with van der Waals surface area (Å²) in [5.41, 5.74) is 14.3. The van der Waals surface area contributed by atoms with E-state index in [9.17, 15) is 0 Å². The third-order valence-electron chi connectivity index (χ3n) is 7.19. The average molecular weight is 623 g/mol. The highest BCUT2D eigenvalue weighted by atomic mass is 32.3. The van der Waals surface area contributed by atoms with Gasteiger partial charge in [-0.15, -0.1) is 50.9 Å². The van der Waals surface area contributed by atoms with Crippen molar-refractivity contribution >= 4 is 103 Å². The SMILES string of the molecule is C[Si](C)(C)C#CC1=c2sc3c(sc4c5sc6c(c5sc34)-c3ccccc3C=6C#CS(C)(C)C)c2-c2ccccc21. The van der Waals surface area contributed by atoms with Gasteiger partial charge in [-0.05, 0) is 46.3 Å². The standard InChI is InChI=1S/C34H26S5Si/c1-39(2,3)17-15-23-19-11-7-9-13-21(19)25-27(23)35-31-29(25)37-34-32-30(38-33(31)34)26-22-14-10-8-12-20(22)24(28(26)36-32)16-18-40(4,5)6/h7-14H,1-6H3. The molecular formula is C34H26S5Si. The molecule has 0 radical (unpaired) electrons. The Labute approximate surface area is 253 Å². The van der Waals surface area contributed by atoms with Gasteiger partial charge in [0, 0.05) is 16.7 Å². The monoisotopic (exact) mass is 622 g/mol. The van der Waals surface area contributed by atoms with Crippen LogP contribution in [0, 0.1) is 22.6 Å². The van der Waals surface area contributed by atoms with Crippen LogP contribution < -0.4 is 9.06 Å². The summed E-state index contributed by atoms with van der Waals surface area (Å²) < 4.78 is 11.4. The quantitative estimate of drug-likeness (QED) is 0.117. The summed E-state index contributed by atoms with van der Waals surface area (Å²) in [7, 11) is -2.40. The van der Waals surface area contributed by atoms with Crippen molar-refractivity contribution in [2.75, 3.05) is 18.8 Å². The van der Waals surface area contributed by atoms with Crippen LogP contribution in [0.3, 0.4) is 0 Å². The summed E-state index contributed by atoms with van der Waals surface area (Å²) in [5, 5.41) is 3.60. The van der Waals surface area contributed by atoms with E-state index in [-0.39, 0.29) is 0 Å². The van der Waals surface area contributed by atoms with E-state index in [1.54, 1.807) is 0 Å². The van der Waals surface area contributed by atoms with E-state index in [1.165, 1.54) is 81.8 Å². The van der Waals surface area contributed by atoms with E-state index < -0.39 is 18.1 Å². The predicted molar refractivity (Wildman–Crippen MR) is 190 cm³/mol. The van der Waals surface area contributed by atoms with Crippen LogP contribution in [0.25, 0.3) is 61.6 Å². The molecule has 40 heavy (non-hydrogen) atoms. The Morgan fingerprint density at radius 2 is 0.975 bits per heavy atom. The lowest BCUT2D eigenvalue weighted by Crippen LogP contribution is -2.16. The molecule has 196 valence electrons. The molecule has 0 bridgehead atoms. The molecule has 4 heterocycles. The molecule has 2 aliphatic carbocycles. The molecule has 2 aliphatic rings. The molecule has 0 spiro atoms. The zero-order valence-corrected chi connectivity index (χ0v) is 28.2. The first-order chi connectivity index (χ1) is 19.1. The van der Waals surface area contributed by atoms with Crippen molar-refractivity contribution in [2.45, 2.75) is 19.6 Å². The van der Waals surface area contributed by atoms with Crippen LogP contribution in [0.4, 0.5) is 0 Å². The Balaban J connectivity index is 1.43. The van der Waals surface area contributed by atoms with Crippen LogP contribution >= 0.6 is 55.4 Å². The van der Waals surface area contributed by atoms with Gasteiger partial charge in [-0.25, -0.2) is 0 Å². The Hall–Kier alpha value is -2.55. The Morgan fingerprint density at radius 3 is 1.43 bits per heavy atom. The number of rotatable bonds is 0. The minimum atomic E-state index is -1.49. The first-order valence-corrected chi connectivity index (χ1v) is 22.8. The van der Waals surface area contributed by atoms with Gasteiger partial charge in [0.05, 0.1) is 42.8 Å². The highest BCUT2D eigenvalue weighted by Crippen LogP contribution is 2.54. The molecule has 0 saturated carbocycles. The van der Waals surface area contributed by atoms with Crippen LogP contribution in [-0.4, -0.2) is 26.8 Å². The van der Waals surface area contributed by atoms with E-state index in [1.807, 2.05) is 45.3 Å². The van der Waals surface area contributed by atoms with Crippen LogP contribution in [0.15, 0.2) is 48.5 Å². The number of thiophene rings is 4. The van der Waals surface area contributed by atoms with Gasteiger partial charge in [0.25, 0.3) is 0 Å². The summed E-state index contributed by atoms with van der Waals surface area (Å²) in [6, 6.07) is 17.7. The summed E-state index contributed by atoms with van der Waals surface area (Å²) in [6.07, 6.45) is 6.81. The van der Waals surface area contributed by atoms with Gasteiger partial charge in [-0.1, -0.05) is 80.0 Å². The van der Waals surface area contributed by atoms with Crippen molar-refractivity contribution in [3.63, 3.8) is 0 Å². The Kier molecular flexibility index (Phi) is 5.34. The van der Waals surface area contributed by atoms with Crippen LogP contribution in [-0.2, 0) is 0 Å². The molecule has 6 heteroatoms. The molecule has 8 rings (SSSR count). The second-order valence-corrected chi connectivity index (χ2v) is 24.9. The van der Waals surface area contributed by atoms with Crippen molar-refractivity contribution in [1.29, 1.82) is 0 Å². The third kappa shape index (κ3) is 3.64. The summed E-state index contributed by atoms with van der Waals surface area (Å²) >= 11 is 7.91. The number of hydrogen-bond donors (Lipinski definition) is 0. The maximum atomic E-state index is 3.66. The highest BCUT2D eigenvalue weighted by molar-refractivity contribution is 8.36. The Morgan fingerprint density at radius 1 is 0.550 bits per heavy atom. The molecule has 0 aliphatic heterocycles. The fourth-order valence-corrected chi connectivity index (χ4v) is 12.6. The van der Waals surface area contributed by atoms with Crippen molar-refractivity contribution < 1.29 is 0 Å². The fourth-order valence-electron chi connectivity index (χ4n) is 5.55. The zero-order chi connectivity index (χ0) is 27.6. The molecule has 0 fully saturated rings. The first kappa shape index (κ1) is 25.2. The number of hydrogen-bond acceptors (Lipinski definition) is 4. The molecule has 0 atom stereocenters. The highest BCUT2D eigenvalue weighted by Gasteiger charge is 2.30. The van der Waals surface area contributed by atoms with E-state index >= 15 is 0 Å². The van der Waals surface area contributed by atoms with Gasteiger partial charge < -0.3 is 0 Å². The van der Waals surface area contributed by atoms with Crippen LogP contribution in [0.2, 0.25) is 19.6 Å². The van der Waals surface area contributed by atoms with Gasteiger partial charge >= 0.3 is 0 Å². The smallest absolute Gasteiger partial charge is 0.129 e. The van der Waals surface area contributed by atoms with Gasteiger partial charge in [0.1, 0.15) is 8.07 Å². The van der Waals surface area contributed by atoms with Gasteiger partial charge in [-0.3, -0.25) is 0 Å². The number of benzene rings is 2. The van der Waals surface area contributed by atoms with Crippen molar-refractivity contribution in [1.82, 2.24) is 0 Å². The van der Waals surface area contributed by atoms with Crippen LogP contribution in [0.1, 0.15) is 11.1 Å². The van der Waals surface area contributed by atoms with Crippen molar-refractivity contribution in [3.8, 4) is 44.9 Å². The lowest BCUT2D eigenvalue weighted by Gasteiger charge is -2.15. The lowest BCUT2D eigenvalue weighted by atomic mass is 10.0. The van der Waals surface area contributed by atoms with Gasteiger partial charge in [0.15, 0.2) is 0 Å². The van der Waals surface area contributed by atoms with E-state index in [0.29, 0.717) is 0 Å². The molecule has 2 aromatic carbocycles. The molecule has 0 unspecified atom stereocenters. The maximum Gasteiger partial charge on any atom is 0.129 e. The Bertz CT molecular complexity index is 2180. The topological polar surface area (TPSA) is 0 Å². The summed E-state index contributed by atoms with van der Waals surface area (Å²) in [4.78, 5) is 0. The largest absolute Gasteiger partial charge is 0.186 e. The summed E-state index contributed by atoms with van der Waals surface area (Å²) in [5.74, 6) is 7.30. The van der Waals surface area contributed by atoms with Crippen molar-refractivity contribution in [2.24, 2.45) is 0 Å². The number of fused-ring (bicyclic) bond motifs is 13. The molecule has 0 saturated heterocycles. The van der Waals surface area contributed by atoms with E-state index in [4.69, 9.17) is 0 Å².